The average Bonchev–Trinajstić information content (AvgIpc) is 3.00. The first-order valence-electron chi connectivity index (χ1n) is 8.92. The normalized spacial score (nSPS) is 17.1. The van der Waals surface area contributed by atoms with Gasteiger partial charge >= 0.3 is 5.97 Å². The lowest BCUT2D eigenvalue weighted by molar-refractivity contribution is -0.142. The molecule has 1 N–H and O–H groups in total. The summed E-state index contributed by atoms with van der Waals surface area (Å²) < 4.78 is 0.298. The van der Waals surface area contributed by atoms with Crippen molar-refractivity contribution in [3.05, 3.63) is 20.1 Å². The Labute approximate surface area is 188 Å². The molecule has 0 saturated heterocycles. The summed E-state index contributed by atoms with van der Waals surface area (Å²) in [5.41, 5.74) is 0.506. The molecule has 0 aliphatic carbocycles. The van der Waals surface area contributed by atoms with Crippen molar-refractivity contribution in [2.24, 2.45) is 0 Å². The smallest absolute Gasteiger partial charge is 0.303 e. The third kappa shape index (κ3) is 4.86. The number of nitrogens with zero attached hydrogens (tertiary/aromatic N) is 3. The first-order chi connectivity index (χ1) is 14.0. The van der Waals surface area contributed by atoms with E-state index in [9.17, 15) is 28.8 Å². The summed E-state index contributed by atoms with van der Waals surface area (Å²) in [6, 6.07) is 0. The molecule has 2 rings (SSSR count). The largest absolute Gasteiger partial charge is 0.481 e. The average molecular weight is 549 g/mol. The van der Waals surface area contributed by atoms with Crippen LogP contribution in [0.3, 0.4) is 0 Å². The fourth-order valence-electron chi connectivity index (χ4n) is 2.92. The number of rotatable bonds is 9. The van der Waals surface area contributed by atoms with Crippen LogP contribution in [0, 0.1) is 0 Å². The van der Waals surface area contributed by atoms with Crippen LogP contribution in [-0.4, -0.2) is 81.5 Å². The molecule has 0 aromatic heterocycles. The standard InChI is InChI=1S/C18H19Br2N3O7/c1-9-13(19)17(29)22(15(9)27)7-5-21(11(24)3-4-12(25)26)6-8-23-16(28)10(2)14(20)18(23)30/h3-8H2,1-2H3,(H,25,26). The van der Waals surface area contributed by atoms with E-state index in [-0.39, 0.29) is 52.7 Å². The number of aliphatic carboxylic acids is 1. The van der Waals surface area contributed by atoms with E-state index in [2.05, 4.69) is 31.9 Å². The molecule has 0 aromatic rings. The van der Waals surface area contributed by atoms with E-state index in [1.165, 1.54) is 18.7 Å². The second kappa shape index (κ2) is 9.65. The summed E-state index contributed by atoms with van der Waals surface area (Å²) in [5.74, 6) is -3.70. The summed E-state index contributed by atoms with van der Waals surface area (Å²) in [5, 5.41) is 8.82. The van der Waals surface area contributed by atoms with Crippen LogP contribution in [0.15, 0.2) is 20.1 Å². The fourth-order valence-corrected chi connectivity index (χ4v) is 3.68. The summed E-state index contributed by atoms with van der Waals surface area (Å²) in [4.78, 5) is 75.1. The zero-order valence-corrected chi connectivity index (χ0v) is 19.4. The number of amides is 5. The number of carbonyl (C=O) groups is 6. The minimum Gasteiger partial charge on any atom is -0.481 e. The molecule has 0 unspecified atom stereocenters. The SMILES string of the molecule is CC1=C(Br)C(=O)N(CCN(CCN2C(=O)C(C)=C(Br)C2=O)C(=O)CCC(=O)O)C1=O. The van der Waals surface area contributed by atoms with Crippen molar-refractivity contribution in [3.63, 3.8) is 0 Å². The zero-order valence-electron chi connectivity index (χ0n) is 16.2. The molecule has 0 bridgehead atoms. The van der Waals surface area contributed by atoms with Gasteiger partial charge in [-0.1, -0.05) is 0 Å². The van der Waals surface area contributed by atoms with Gasteiger partial charge in [0.2, 0.25) is 5.91 Å². The number of carbonyl (C=O) groups excluding carboxylic acids is 5. The van der Waals surface area contributed by atoms with Gasteiger partial charge in [0.05, 0.1) is 15.4 Å². The van der Waals surface area contributed by atoms with Crippen molar-refractivity contribution in [3.8, 4) is 0 Å². The van der Waals surface area contributed by atoms with Crippen LogP contribution in [0.5, 0.6) is 0 Å². The number of hydrogen-bond donors (Lipinski definition) is 1. The predicted octanol–water partition coefficient (Wildman–Crippen LogP) is 0.755. The molecule has 12 heteroatoms. The quantitative estimate of drug-likeness (QED) is 0.420. The first-order valence-corrected chi connectivity index (χ1v) is 10.5. The number of carboxylic acid groups (broad SMARTS) is 1. The van der Waals surface area contributed by atoms with Crippen LogP contribution in [-0.2, 0) is 28.8 Å². The van der Waals surface area contributed by atoms with Crippen LogP contribution >= 0.6 is 31.9 Å². The fraction of sp³-hybridized carbons (Fsp3) is 0.444. The molecule has 0 radical (unpaired) electrons. The van der Waals surface area contributed by atoms with Crippen LogP contribution in [0.2, 0.25) is 0 Å². The second-order valence-electron chi connectivity index (χ2n) is 6.68. The highest BCUT2D eigenvalue weighted by molar-refractivity contribution is 9.12. The Kier molecular flexibility index (Phi) is 7.70. The molecule has 0 fully saturated rings. The molecule has 2 heterocycles. The minimum atomic E-state index is -1.15. The summed E-state index contributed by atoms with van der Waals surface area (Å²) in [6.45, 7) is 2.66. The monoisotopic (exact) mass is 547 g/mol. The lowest BCUT2D eigenvalue weighted by atomic mass is 10.2. The molecule has 0 atom stereocenters. The highest BCUT2D eigenvalue weighted by Gasteiger charge is 2.36. The number of imide groups is 2. The predicted molar refractivity (Wildman–Crippen MR) is 110 cm³/mol. The molecule has 2 aliphatic rings. The van der Waals surface area contributed by atoms with Gasteiger partial charge in [0.15, 0.2) is 0 Å². The third-order valence-electron chi connectivity index (χ3n) is 4.75. The zero-order chi connectivity index (χ0) is 22.7. The Hall–Kier alpha value is -2.34. The Morgan fingerprint density at radius 2 is 1.20 bits per heavy atom. The molecule has 2 aliphatic heterocycles. The number of hydrogen-bond acceptors (Lipinski definition) is 6. The molecular formula is C18H19Br2N3O7. The van der Waals surface area contributed by atoms with Gasteiger partial charge in [0.25, 0.3) is 23.6 Å². The summed E-state index contributed by atoms with van der Waals surface area (Å²) in [6.07, 6.45) is -0.683. The van der Waals surface area contributed by atoms with Crippen LogP contribution in [0.25, 0.3) is 0 Å². The van der Waals surface area contributed by atoms with Gasteiger partial charge in [-0.05, 0) is 45.7 Å². The number of carboxylic acids is 1. The van der Waals surface area contributed by atoms with Crippen LogP contribution in [0.1, 0.15) is 26.7 Å². The van der Waals surface area contributed by atoms with Crippen molar-refractivity contribution >= 4 is 67.4 Å². The highest BCUT2D eigenvalue weighted by Crippen LogP contribution is 2.26. The molecule has 0 saturated carbocycles. The second-order valence-corrected chi connectivity index (χ2v) is 8.26. The van der Waals surface area contributed by atoms with Crippen molar-refractivity contribution in [2.45, 2.75) is 26.7 Å². The lowest BCUT2D eigenvalue weighted by Gasteiger charge is -2.27. The van der Waals surface area contributed by atoms with Gasteiger partial charge < -0.3 is 10.0 Å². The van der Waals surface area contributed by atoms with E-state index in [0.29, 0.717) is 0 Å². The van der Waals surface area contributed by atoms with Gasteiger partial charge in [0.1, 0.15) is 0 Å². The Morgan fingerprint density at radius 3 is 1.50 bits per heavy atom. The maximum absolute atomic E-state index is 12.5. The summed E-state index contributed by atoms with van der Waals surface area (Å²) in [7, 11) is 0. The Morgan fingerprint density at radius 1 is 0.800 bits per heavy atom. The van der Waals surface area contributed by atoms with Crippen molar-refractivity contribution < 1.29 is 33.9 Å². The maximum atomic E-state index is 12.5. The van der Waals surface area contributed by atoms with Crippen LogP contribution < -0.4 is 0 Å². The van der Waals surface area contributed by atoms with Crippen molar-refractivity contribution in [1.82, 2.24) is 14.7 Å². The van der Waals surface area contributed by atoms with Gasteiger partial charge in [-0.25, -0.2) is 0 Å². The van der Waals surface area contributed by atoms with E-state index in [1.807, 2.05) is 0 Å². The minimum absolute atomic E-state index is 0.0622. The maximum Gasteiger partial charge on any atom is 0.303 e. The molecule has 30 heavy (non-hydrogen) atoms. The van der Waals surface area contributed by atoms with E-state index in [1.54, 1.807) is 0 Å². The van der Waals surface area contributed by atoms with Gasteiger partial charge in [-0.3, -0.25) is 38.6 Å². The molecule has 0 spiro atoms. The van der Waals surface area contributed by atoms with Crippen molar-refractivity contribution in [1.29, 1.82) is 0 Å². The lowest BCUT2D eigenvalue weighted by Crippen LogP contribution is -2.45. The van der Waals surface area contributed by atoms with E-state index in [0.717, 1.165) is 9.80 Å². The van der Waals surface area contributed by atoms with E-state index in [4.69, 9.17) is 5.11 Å². The number of halogens is 2. The summed E-state index contributed by atoms with van der Waals surface area (Å²) >= 11 is 6.12. The molecule has 5 amide bonds. The van der Waals surface area contributed by atoms with Crippen molar-refractivity contribution in [2.75, 3.05) is 26.2 Å². The Bertz CT molecular complexity index is 803. The van der Waals surface area contributed by atoms with Gasteiger partial charge in [-0.2, -0.15) is 0 Å². The molecule has 10 nitrogen and oxygen atoms in total. The molecule has 0 aromatic carbocycles. The third-order valence-corrected chi connectivity index (χ3v) is 6.62. The van der Waals surface area contributed by atoms with E-state index >= 15 is 0 Å². The highest BCUT2D eigenvalue weighted by atomic mass is 79.9. The van der Waals surface area contributed by atoms with Crippen LogP contribution in [0.4, 0.5) is 0 Å². The molecular weight excluding hydrogens is 530 g/mol. The molecule has 162 valence electrons. The first kappa shape index (κ1) is 23.9. The van der Waals surface area contributed by atoms with Gasteiger partial charge in [0, 0.05) is 43.7 Å². The van der Waals surface area contributed by atoms with Gasteiger partial charge in [-0.15, -0.1) is 0 Å². The topological polar surface area (TPSA) is 132 Å². The Balaban J connectivity index is 2.06. The van der Waals surface area contributed by atoms with E-state index < -0.39 is 41.9 Å².